The lowest BCUT2D eigenvalue weighted by Gasteiger charge is -2.21. The summed E-state index contributed by atoms with van der Waals surface area (Å²) in [5, 5.41) is 2.83. The molecule has 1 saturated heterocycles. The van der Waals surface area contributed by atoms with Gasteiger partial charge in [-0.15, -0.1) is 0 Å². The maximum absolute atomic E-state index is 11.9. The monoisotopic (exact) mass is 274 g/mol. The van der Waals surface area contributed by atoms with E-state index in [0.717, 1.165) is 35.9 Å². The van der Waals surface area contributed by atoms with Crippen LogP contribution in [0.3, 0.4) is 0 Å². The quantitative estimate of drug-likeness (QED) is 0.933. The van der Waals surface area contributed by atoms with Crippen molar-refractivity contribution in [2.24, 2.45) is 0 Å². The topological polar surface area (TPSA) is 64.4 Å². The molecule has 20 heavy (non-hydrogen) atoms. The number of rotatable bonds is 3. The van der Waals surface area contributed by atoms with Gasteiger partial charge in [0.2, 0.25) is 11.8 Å². The van der Waals surface area contributed by atoms with Gasteiger partial charge >= 0.3 is 0 Å². The van der Waals surface area contributed by atoms with Gasteiger partial charge in [-0.3, -0.25) is 4.79 Å². The van der Waals surface area contributed by atoms with Crippen molar-refractivity contribution in [3.05, 3.63) is 29.7 Å². The highest BCUT2D eigenvalue weighted by molar-refractivity contribution is 5.81. The Morgan fingerprint density at radius 1 is 1.45 bits per heavy atom. The van der Waals surface area contributed by atoms with Crippen LogP contribution in [0.2, 0.25) is 0 Å². The summed E-state index contributed by atoms with van der Waals surface area (Å²) in [6.45, 7) is 2.95. The lowest BCUT2D eigenvalue weighted by molar-refractivity contribution is -0.135. The minimum absolute atomic E-state index is 0.0799. The molecule has 3 rings (SSSR count). The van der Waals surface area contributed by atoms with Crippen molar-refractivity contribution in [3.63, 3.8) is 0 Å². The molecule has 1 aliphatic heterocycles. The molecule has 1 aromatic carbocycles. The second kappa shape index (κ2) is 5.63. The van der Waals surface area contributed by atoms with Crippen molar-refractivity contribution in [2.75, 3.05) is 6.61 Å². The van der Waals surface area contributed by atoms with E-state index in [1.54, 1.807) is 0 Å². The van der Waals surface area contributed by atoms with Crippen LogP contribution >= 0.6 is 0 Å². The van der Waals surface area contributed by atoms with Crippen molar-refractivity contribution in [1.82, 2.24) is 10.3 Å². The zero-order valence-electron chi connectivity index (χ0n) is 11.5. The molecule has 1 aromatic heterocycles. The summed E-state index contributed by atoms with van der Waals surface area (Å²) in [7, 11) is 0. The number of benzene rings is 1. The molecule has 5 nitrogen and oxygen atoms in total. The van der Waals surface area contributed by atoms with E-state index in [-0.39, 0.29) is 12.0 Å². The molecule has 106 valence electrons. The largest absolute Gasteiger partial charge is 0.439 e. The zero-order valence-corrected chi connectivity index (χ0v) is 11.5. The van der Waals surface area contributed by atoms with Gasteiger partial charge in [-0.05, 0) is 37.8 Å². The number of para-hydroxylation sites is 1. The van der Waals surface area contributed by atoms with Crippen LogP contribution in [0.1, 0.15) is 30.7 Å². The maximum atomic E-state index is 11.9. The molecule has 1 atom stereocenters. The van der Waals surface area contributed by atoms with E-state index in [9.17, 15) is 4.79 Å². The number of aryl methyl sites for hydroxylation is 1. The molecular formula is C15H18N2O3. The third-order valence-electron chi connectivity index (χ3n) is 3.55. The average Bonchev–Trinajstić information content (AvgIpc) is 2.90. The van der Waals surface area contributed by atoms with Crippen LogP contribution in [0.5, 0.6) is 0 Å². The molecule has 0 spiro atoms. The van der Waals surface area contributed by atoms with Crippen molar-refractivity contribution in [3.8, 4) is 0 Å². The summed E-state index contributed by atoms with van der Waals surface area (Å²) in [4.78, 5) is 16.4. The summed E-state index contributed by atoms with van der Waals surface area (Å²) in [6.07, 6.45) is 2.54. The summed E-state index contributed by atoms with van der Waals surface area (Å²) in [5.74, 6) is 0.446. The van der Waals surface area contributed by atoms with Crippen LogP contribution in [0, 0.1) is 6.92 Å². The highest BCUT2D eigenvalue weighted by Gasteiger charge is 2.22. The SMILES string of the molecule is Cc1cccc2oc(CNC(=O)[C@H]3CCCCO3)nc12. The fraction of sp³-hybridized carbons (Fsp3) is 0.467. The molecule has 0 bridgehead atoms. The van der Waals surface area contributed by atoms with Gasteiger partial charge in [-0.1, -0.05) is 12.1 Å². The lowest BCUT2D eigenvalue weighted by Crippen LogP contribution is -2.38. The van der Waals surface area contributed by atoms with Gasteiger partial charge in [0, 0.05) is 6.61 Å². The number of amides is 1. The van der Waals surface area contributed by atoms with E-state index in [4.69, 9.17) is 9.15 Å². The molecular weight excluding hydrogens is 256 g/mol. The maximum Gasteiger partial charge on any atom is 0.249 e. The smallest absolute Gasteiger partial charge is 0.249 e. The molecule has 1 N–H and O–H groups in total. The third-order valence-corrected chi connectivity index (χ3v) is 3.55. The number of hydrogen-bond acceptors (Lipinski definition) is 4. The normalized spacial score (nSPS) is 19.1. The molecule has 1 amide bonds. The van der Waals surface area contributed by atoms with Crippen molar-refractivity contribution < 1.29 is 13.9 Å². The van der Waals surface area contributed by atoms with Crippen LogP contribution in [0.25, 0.3) is 11.1 Å². The number of ether oxygens (including phenoxy) is 1. The number of fused-ring (bicyclic) bond motifs is 1. The standard InChI is InChI=1S/C15H18N2O3/c1-10-5-4-7-11-14(10)17-13(20-11)9-16-15(18)12-6-2-3-8-19-12/h4-5,7,12H,2-3,6,8-9H2,1H3,(H,16,18)/t12-/m1/s1. The number of carbonyl (C=O) groups excluding carboxylic acids is 1. The van der Waals surface area contributed by atoms with Crippen molar-refractivity contribution >= 4 is 17.0 Å². The highest BCUT2D eigenvalue weighted by atomic mass is 16.5. The van der Waals surface area contributed by atoms with Crippen molar-refractivity contribution in [1.29, 1.82) is 0 Å². The predicted molar refractivity (Wildman–Crippen MR) is 74.2 cm³/mol. The minimum Gasteiger partial charge on any atom is -0.439 e. The van der Waals surface area contributed by atoms with E-state index < -0.39 is 0 Å². The van der Waals surface area contributed by atoms with E-state index in [1.165, 1.54) is 0 Å². The minimum atomic E-state index is -0.324. The molecule has 1 aliphatic rings. The van der Waals surface area contributed by atoms with E-state index in [2.05, 4.69) is 10.3 Å². The van der Waals surface area contributed by atoms with Crippen molar-refractivity contribution in [2.45, 2.75) is 38.8 Å². The molecule has 0 radical (unpaired) electrons. The molecule has 0 unspecified atom stereocenters. The molecule has 5 heteroatoms. The van der Waals surface area contributed by atoms with Gasteiger partial charge in [0.05, 0.1) is 6.54 Å². The van der Waals surface area contributed by atoms with Crippen LogP contribution in [-0.4, -0.2) is 23.6 Å². The Morgan fingerprint density at radius 3 is 3.10 bits per heavy atom. The predicted octanol–water partition coefficient (Wildman–Crippen LogP) is 2.32. The Morgan fingerprint density at radius 2 is 2.35 bits per heavy atom. The lowest BCUT2D eigenvalue weighted by atomic mass is 10.1. The number of nitrogens with one attached hydrogen (secondary N) is 1. The van der Waals surface area contributed by atoms with Gasteiger partial charge in [0.25, 0.3) is 0 Å². The fourth-order valence-corrected chi connectivity index (χ4v) is 2.43. The van der Waals surface area contributed by atoms with E-state index >= 15 is 0 Å². The molecule has 2 heterocycles. The van der Waals surface area contributed by atoms with Crippen LogP contribution in [0.15, 0.2) is 22.6 Å². The van der Waals surface area contributed by atoms with Crippen LogP contribution in [-0.2, 0) is 16.1 Å². The number of nitrogens with zero attached hydrogens (tertiary/aromatic N) is 1. The second-order valence-corrected chi connectivity index (χ2v) is 5.10. The molecule has 2 aromatic rings. The Hall–Kier alpha value is -1.88. The Kier molecular flexibility index (Phi) is 3.69. The van der Waals surface area contributed by atoms with Crippen LogP contribution in [0.4, 0.5) is 0 Å². The summed E-state index contributed by atoms with van der Waals surface area (Å²) in [6, 6.07) is 5.80. The Balaban J connectivity index is 1.64. The van der Waals surface area contributed by atoms with Gasteiger partial charge in [0.15, 0.2) is 5.58 Å². The number of carbonyl (C=O) groups is 1. The highest BCUT2D eigenvalue weighted by Crippen LogP contribution is 2.19. The first kappa shape index (κ1) is 13.1. The third kappa shape index (κ3) is 2.67. The first-order chi connectivity index (χ1) is 9.74. The molecule has 0 saturated carbocycles. The number of hydrogen-bond donors (Lipinski definition) is 1. The molecule has 1 fully saturated rings. The fourth-order valence-electron chi connectivity index (χ4n) is 2.43. The average molecular weight is 274 g/mol. The van der Waals surface area contributed by atoms with Crippen LogP contribution < -0.4 is 5.32 Å². The Labute approximate surface area is 117 Å². The zero-order chi connectivity index (χ0) is 13.9. The van der Waals surface area contributed by atoms with Gasteiger partial charge in [-0.2, -0.15) is 0 Å². The van der Waals surface area contributed by atoms with E-state index in [0.29, 0.717) is 19.0 Å². The second-order valence-electron chi connectivity index (χ2n) is 5.10. The number of oxazole rings is 1. The molecule has 0 aliphatic carbocycles. The van der Waals surface area contributed by atoms with Gasteiger partial charge in [0.1, 0.15) is 11.6 Å². The summed E-state index contributed by atoms with van der Waals surface area (Å²) >= 11 is 0. The van der Waals surface area contributed by atoms with E-state index in [1.807, 2.05) is 25.1 Å². The first-order valence-corrected chi connectivity index (χ1v) is 6.98. The Bertz CT molecular complexity index is 615. The first-order valence-electron chi connectivity index (χ1n) is 6.98. The van der Waals surface area contributed by atoms with Gasteiger partial charge < -0.3 is 14.5 Å². The summed E-state index contributed by atoms with van der Waals surface area (Å²) in [5.41, 5.74) is 2.67. The summed E-state index contributed by atoms with van der Waals surface area (Å²) < 4.78 is 11.1. The number of aromatic nitrogens is 1. The van der Waals surface area contributed by atoms with Gasteiger partial charge in [-0.25, -0.2) is 4.98 Å².